The van der Waals surface area contributed by atoms with Crippen LogP contribution in [0.3, 0.4) is 0 Å². The molecule has 0 heterocycles. The highest BCUT2D eigenvalue weighted by atomic mass is 16.3. The maximum Gasteiger partial charge on any atom is 0.125 e. The van der Waals surface area contributed by atoms with E-state index >= 15 is 0 Å². The summed E-state index contributed by atoms with van der Waals surface area (Å²) in [6.07, 6.45) is 14.1. The molecule has 1 N–H and O–H groups in total. The van der Waals surface area contributed by atoms with Crippen molar-refractivity contribution in [2.24, 2.45) is 27.6 Å². The smallest absolute Gasteiger partial charge is 0.125 e. The van der Waals surface area contributed by atoms with Gasteiger partial charge >= 0.3 is 0 Å². The molecule has 31 heavy (non-hydrogen) atoms. The second kappa shape index (κ2) is 6.09. The van der Waals surface area contributed by atoms with E-state index in [0.29, 0.717) is 22.0 Å². The van der Waals surface area contributed by atoms with E-state index in [1.807, 2.05) is 6.92 Å². The van der Waals surface area contributed by atoms with Crippen LogP contribution in [0.15, 0.2) is 17.7 Å². The van der Waals surface area contributed by atoms with E-state index in [2.05, 4.69) is 66.3 Å². The van der Waals surface area contributed by atoms with Gasteiger partial charge in [-0.05, 0) is 102 Å². The zero-order valence-electron chi connectivity index (χ0n) is 20.9. The second-order valence-electron chi connectivity index (χ2n) is 13.4. The van der Waals surface area contributed by atoms with Crippen LogP contribution >= 0.6 is 0 Å². The van der Waals surface area contributed by atoms with E-state index in [0.717, 1.165) is 16.7 Å². The molecule has 1 heteroatoms. The minimum Gasteiger partial charge on any atom is -0.507 e. The van der Waals surface area contributed by atoms with E-state index < -0.39 is 0 Å². The van der Waals surface area contributed by atoms with Gasteiger partial charge in [0, 0.05) is 10.6 Å². The molecule has 1 aromatic rings. The lowest BCUT2D eigenvalue weighted by molar-refractivity contribution is -0.156. The third kappa shape index (κ3) is 2.56. The predicted octanol–water partition coefficient (Wildman–Crippen LogP) is 6.52. The van der Waals surface area contributed by atoms with Crippen molar-refractivity contribution in [2.75, 3.05) is 0 Å². The zero-order chi connectivity index (χ0) is 22.6. The molecule has 5 rings (SSSR count). The number of phenolic OH excluding ortho intramolecular Hbond substituents is 1. The highest BCUT2D eigenvalue weighted by Gasteiger charge is 2.65. The van der Waals surface area contributed by atoms with Gasteiger partial charge in [0.05, 0.1) is 0 Å². The fraction of sp³-hybridized carbons (Fsp3) is 0.667. The first kappa shape index (κ1) is 21.4. The van der Waals surface area contributed by atoms with Crippen LogP contribution in [-0.4, -0.2) is 5.11 Å². The van der Waals surface area contributed by atoms with E-state index in [9.17, 15) is 5.11 Å². The molecule has 5 atom stereocenters. The third-order valence-electron chi connectivity index (χ3n) is 11.2. The average molecular weight is 419 g/mol. The number of allylic oxidation sites excluding steroid dienone is 2. The van der Waals surface area contributed by atoms with Crippen LogP contribution in [0.2, 0.25) is 0 Å². The Morgan fingerprint density at radius 3 is 2.29 bits per heavy atom. The molecule has 4 aliphatic rings. The number of benzene rings is 1. The summed E-state index contributed by atoms with van der Waals surface area (Å²) in [7, 11) is 0. The first-order chi connectivity index (χ1) is 14.3. The van der Waals surface area contributed by atoms with Crippen LogP contribution in [-0.2, 0) is 5.41 Å². The van der Waals surface area contributed by atoms with Gasteiger partial charge in [-0.25, -0.2) is 0 Å². The lowest BCUT2D eigenvalue weighted by atomic mass is 9.35. The van der Waals surface area contributed by atoms with Crippen molar-refractivity contribution in [3.63, 3.8) is 0 Å². The summed E-state index contributed by atoms with van der Waals surface area (Å²) in [4.78, 5) is 0. The highest BCUT2D eigenvalue weighted by molar-refractivity contribution is 5.60. The van der Waals surface area contributed by atoms with Gasteiger partial charge < -0.3 is 5.11 Å². The average Bonchev–Trinajstić information content (AvgIpc) is 2.70. The van der Waals surface area contributed by atoms with Crippen LogP contribution in [0.1, 0.15) is 97.6 Å². The zero-order valence-corrected chi connectivity index (χ0v) is 20.9. The van der Waals surface area contributed by atoms with Crippen molar-refractivity contribution in [2.45, 2.75) is 98.8 Å². The Kier molecular flexibility index (Phi) is 4.19. The maximum atomic E-state index is 10.5. The van der Waals surface area contributed by atoms with Gasteiger partial charge in [-0.2, -0.15) is 0 Å². The minimum atomic E-state index is 0.0428. The van der Waals surface area contributed by atoms with Crippen LogP contribution in [0.4, 0.5) is 0 Å². The second-order valence-corrected chi connectivity index (χ2v) is 13.4. The molecule has 0 amide bonds. The van der Waals surface area contributed by atoms with E-state index in [1.165, 1.54) is 55.7 Å². The quantitative estimate of drug-likeness (QED) is 0.508. The fourth-order valence-electron chi connectivity index (χ4n) is 8.72. The Morgan fingerprint density at radius 1 is 0.903 bits per heavy atom. The van der Waals surface area contributed by atoms with Gasteiger partial charge in [0.2, 0.25) is 0 Å². The molecule has 3 fully saturated rings. The van der Waals surface area contributed by atoms with Crippen molar-refractivity contribution in [1.29, 1.82) is 0 Å². The molecule has 0 spiro atoms. The molecule has 1 nitrogen and oxygen atoms in total. The minimum absolute atomic E-state index is 0.0428. The largest absolute Gasteiger partial charge is 0.507 e. The van der Waals surface area contributed by atoms with Crippen LogP contribution < -0.4 is 10.4 Å². The van der Waals surface area contributed by atoms with E-state index in [-0.39, 0.29) is 10.8 Å². The molecule has 0 aromatic heterocycles. The lowest BCUT2D eigenvalue weighted by Crippen LogP contribution is -2.62. The molecule has 0 bridgehead atoms. The number of aromatic hydroxyl groups is 1. The molecule has 168 valence electrons. The number of hydrogen-bond acceptors (Lipinski definition) is 1. The summed E-state index contributed by atoms with van der Waals surface area (Å²) in [5.74, 6) is 1.15. The summed E-state index contributed by atoms with van der Waals surface area (Å²) < 4.78 is 0. The topological polar surface area (TPSA) is 20.2 Å². The summed E-state index contributed by atoms with van der Waals surface area (Å²) in [6.45, 7) is 21.6. The Labute approximate surface area is 189 Å². The molecule has 4 aliphatic carbocycles. The summed E-state index contributed by atoms with van der Waals surface area (Å²) in [5, 5.41) is 12.5. The Hall–Kier alpha value is -1.50. The van der Waals surface area contributed by atoms with E-state index in [4.69, 9.17) is 0 Å². The van der Waals surface area contributed by atoms with Crippen molar-refractivity contribution in [1.82, 2.24) is 0 Å². The van der Waals surface area contributed by atoms with E-state index in [1.54, 1.807) is 5.57 Å². The summed E-state index contributed by atoms with van der Waals surface area (Å²) in [5.41, 5.74) is 5.60. The first-order valence-corrected chi connectivity index (χ1v) is 12.5. The van der Waals surface area contributed by atoms with Crippen molar-refractivity contribution in [3.8, 4) is 5.75 Å². The van der Waals surface area contributed by atoms with Crippen LogP contribution in [0, 0.1) is 34.5 Å². The molecular formula is C30H42O. The number of hydrogen-bond donors (Lipinski definition) is 1. The Bertz CT molecular complexity index is 1110. The number of phenols is 1. The molecule has 0 radical (unpaired) electrons. The molecule has 1 aromatic carbocycles. The first-order valence-electron chi connectivity index (χ1n) is 12.5. The molecular weight excluding hydrogens is 376 g/mol. The Balaban J connectivity index is 1.69. The third-order valence-corrected chi connectivity index (χ3v) is 11.2. The lowest BCUT2D eigenvalue weighted by Gasteiger charge is -2.69. The fourth-order valence-corrected chi connectivity index (χ4v) is 8.72. The predicted molar refractivity (Wildman–Crippen MR) is 131 cm³/mol. The van der Waals surface area contributed by atoms with Gasteiger partial charge in [-0.3, -0.25) is 0 Å². The van der Waals surface area contributed by atoms with Crippen molar-refractivity contribution >= 4 is 12.7 Å². The molecule has 3 saturated carbocycles. The number of rotatable bonds is 0. The standard InChI is InChI=1S/C30H42O/c1-19-17-22-21(20(2)25(19)31)9-10-23-28(22,6)14-16-30(8)24-18-26(3,4)11-12-27(24,5)13-15-29(23,30)7/h9-10,17,24,31H,1,11-16,18H2,2-8H3/t24?,27?,28?,29?,30-/m0/s1. The van der Waals surface area contributed by atoms with Gasteiger partial charge in [-0.15, -0.1) is 0 Å². The van der Waals surface area contributed by atoms with Gasteiger partial charge in [0.15, 0.2) is 0 Å². The van der Waals surface area contributed by atoms with Gasteiger partial charge in [-0.1, -0.05) is 65.8 Å². The monoisotopic (exact) mass is 418 g/mol. The van der Waals surface area contributed by atoms with Crippen molar-refractivity contribution < 1.29 is 5.11 Å². The summed E-state index contributed by atoms with van der Waals surface area (Å²) in [6, 6.07) is 2.18. The summed E-state index contributed by atoms with van der Waals surface area (Å²) >= 11 is 0. The number of fused-ring (bicyclic) bond motifs is 7. The van der Waals surface area contributed by atoms with Gasteiger partial charge in [0.1, 0.15) is 5.75 Å². The molecule has 4 unspecified atom stereocenters. The SMILES string of the molecule is C=c1cc2c(c(C)c1O)=CC=C1C2(C)CC[C@@]2(C)C3CC(C)(C)CCC3(C)CCC12C. The highest BCUT2D eigenvalue weighted by Crippen LogP contribution is 2.74. The van der Waals surface area contributed by atoms with Crippen LogP contribution in [0.5, 0.6) is 5.75 Å². The maximum absolute atomic E-state index is 10.5. The Morgan fingerprint density at radius 2 is 1.58 bits per heavy atom. The van der Waals surface area contributed by atoms with Crippen LogP contribution in [0.25, 0.3) is 12.7 Å². The molecule has 0 saturated heterocycles. The molecule has 0 aliphatic heterocycles. The normalized spacial score (nSPS) is 42.9. The van der Waals surface area contributed by atoms with Gasteiger partial charge in [0.25, 0.3) is 0 Å². The van der Waals surface area contributed by atoms with Crippen molar-refractivity contribution in [3.05, 3.63) is 39.3 Å².